The van der Waals surface area contributed by atoms with Crippen LogP contribution in [0.15, 0.2) is 24.3 Å². The summed E-state index contributed by atoms with van der Waals surface area (Å²) in [5.74, 6) is 0.462. The molecule has 0 bridgehead atoms. The van der Waals surface area contributed by atoms with Crippen molar-refractivity contribution in [1.82, 2.24) is 4.90 Å². The predicted molar refractivity (Wildman–Crippen MR) is 64.8 cm³/mol. The topological polar surface area (TPSA) is 36.3 Å². The molecular formula is C13H15F3N2O. The SMILES string of the molecule is CN(CCCOc1ccccc1C#N)CC(F)(F)F. The Kier molecular flexibility index (Phi) is 5.64. The molecule has 0 spiro atoms. The highest BCUT2D eigenvalue weighted by Crippen LogP contribution is 2.17. The second-order valence-electron chi connectivity index (χ2n) is 4.16. The molecule has 0 atom stereocenters. The number of hydrogen-bond donors (Lipinski definition) is 0. The predicted octanol–water partition coefficient (Wildman–Crippen LogP) is 2.82. The van der Waals surface area contributed by atoms with Crippen molar-refractivity contribution in [2.75, 3.05) is 26.7 Å². The Labute approximate surface area is 110 Å². The van der Waals surface area contributed by atoms with Crippen molar-refractivity contribution in [1.29, 1.82) is 5.26 Å². The molecule has 0 aromatic heterocycles. The van der Waals surface area contributed by atoms with Crippen LogP contribution in [-0.4, -0.2) is 37.8 Å². The number of para-hydroxylation sites is 1. The van der Waals surface area contributed by atoms with Crippen molar-refractivity contribution in [2.24, 2.45) is 0 Å². The van der Waals surface area contributed by atoms with E-state index < -0.39 is 12.7 Å². The van der Waals surface area contributed by atoms with E-state index in [-0.39, 0.29) is 13.2 Å². The van der Waals surface area contributed by atoms with Gasteiger partial charge in [0.05, 0.1) is 18.7 Å². The summed E-state index contributed by atoms with van der Waals surface area (Å²) in [5.41, 5.74) is 0.422. The van der Waals surface area contributed by atoms with Gasteiger partial charge < -0.3 is 4.74 Å². The van der Waals surface area contributed by atoms with Gasteiger partial charge in [-0.25, -0.2) is 0 Å². The number of ether oxygens (including phenoxy) is 1. The number of nitrogens with zero attached hydrogens (tertiary/aromatic N) is 2. The van der Waals surface area contributed by atoms with Crippen LogP contribution in [0.3, 0.4) is 0 Å². The van der Waals surface area contributed by atoms with Gasteiger partial charge in [-0.1, -0.05) is 12.1 Å². The molecule has 0 aliphatic carbocycles. The second kappa shape index (κ2) is 7.00. The van der Waals surface area contributed by atoms with E-state index in [9.17, 15) is 13.2 Å². The van der Waals surface area contributed by atoms with Crippen molar-refractivity contribution in [3.8, 4) is 11.8 Å². The number of benzene rings is 1. The van der Waals surface area contributed by atoms with E-state index in [1.807, 2.05) is 6.07 Å². The Morgan fingerprint density at radius 2 is 2.00 bits per heavy atom. The first-order valence-corrected chi connectivity index (χ1v) is 5.79. The van der Waals surface area contributed by atoms with Gasteiger partial charge in [0.2, 0.25) is 0 Å². The lowest BCUT2D eigenvalue weighted by Gasteiger charge is -2.18. The summed E-state index contributed by atoms with van der Waals surface area (Å²) >= 11 is 0. The Morgan fingerprint density at radius 3 is 2.63 bits per heavy atom. The maximum Gasteiger partial charge on any atom is 0.401 e. The Morgan fingerprint density at radius 1 is 1.32 bits per heavy atom. The quantitative estimate of drug-likeness (QED) is 0.747. The molecule has 1 aromatic rings. The molecule has 3 nitrogen and oxygen atoms in total. The minimum atomic E-state index is -4.18. The maximum atomic E-state index is 12.1. The summed E-state index contributed by atoms with van der Waals surface area (Å²) in [4.78, 5) is 1.19. The third kappa shape index (κ3) is 6.11. The van der Waals surface area contributed by atoms with Crippen molar-refractivity contribution in [2.45, 2.75) is 12.6 Å². The molecule has 0 heterocycles. The van der Waals surface area contributed by atoms with E-state index in [4.69, 9.17) is 10.00 Å². The Balaban J connectivity index is 2.30. The minimum Gasteiger partial charge on any atom is -0.492 e. The molecule has 0 aliphatic heterocycles. The molecule has 0 fully saturated rings. The van der Waals surface area contributed by atoms with Crippen molar-refractivity contribution in [3.05, 3.63) is 29.8 Å². The van der Waals surface area contributed by atoms with Crippen LogP contribution in [0, 0.1) is 11.3 Å². The summed E-state index contributed by atoms with van der Waals surface area (Å²) in [6, 6.07) is 8.75. The number of alkyl halides is 3. The number of rotatable bonds is 6. The normalized spacial score (nSPS) is 11.4. The van der Waals surface area contributed by atoms with Crippen molar-refractivity contribution in [3.63, 3.8) is 0 Å². The smallest absolute Gasteiger partial charge is 0.401 e. The molecule has 1 aromatic carbocycles. The Bertz CT molecular complexity index is 440. The summed E-state index contributed by atoms with van der Waals surface area (Å²) < 4.78 is 41.6. The van der Waals surface area contributed by atoms with Gasteiger partial charge in [-0.05, 0) is 25.6 Å². The standard InChI is InChI=1S/C13H15F3N2O/c1-18(10-13(14,15)16)7-4-8-19-12-6-3-2-5-11(12)9-17/h2-3,5-6H,4,7-8,10H2,1H3. The highest BCUT2D eigenvalue weighted by atomic mass is 19.4. The minimum absolute atomic E-state index is 0.279. The molecule has 0 N–H and O–H groups in total. The van der Waals surface area contributed by atoms with E-state index in [0.717, 1.165) is 0 Å². The van der Waals surface area contributed by atoms with Crippen LogP contribution in [0.5, 0.6) is 5.75 Å². The monoisotopic (exact) mass is 272 g/mol. The first-order chi connectivity index (χ1) is 8.92. The van der Waals surface area contributed by atoms with E-state index in [2.05, 4.69) is 0 Å². The van der Waals surface area contributed by atoms with Gasteiger partial charge in [0.15, 0.2) is 0 Å². The van der Waals surface area contributed by atoms with Gasteiger partial charge in [-0.3, -0.25) is 4.90 Å². The van der Waals surface area contributed by atoms with Gasteiger partial charge in [0.25, 0.3) is 0 Å². The molecule has 104 valence electrons. The van der Waals surface area contributed by atoms with Gasteiger partial charge in [-0.15, -0.1) is 0 Å². The molecule has 0 radical (unpaired) electrons. The number of halogens is 3. The Hall–Kier alpha value is -1.74. The molecule has 0 aliphatic rings. The van der Waals surface area contributed by atoms with Crippen LogP contribution in [0.2, 0.25) is 0 Å². The summed E-state index contributed by atoms with van der Waals surface area (Å²) in [7, 11) is 1.41. The molecule has 0 unspecified atom stereocenters. The van der Waals surface area contributed by atoms with Crippen molar-refractivity contribution >= 4 is 0 Å². The van der Waals surface area contributed by atoms with E-state index in [1.54, 1.807) is 24.3 Å². The third-order valence-corrected chi connectivity index (χ3v) is 2.40. The van der Waals surface area contributed by atoms with Crippen LogP contribution in [0.25, 0.3) is 0 Å². The summed E-state index contributed by atoms with van der Waals surface area (Å²) in [5, 5.41) is 8.83. The zero-order valence-electron chi connectivity index (χ0n) is 10.6. The third-order valence-electron chi connectivity index (χ3n) is 2.40. The zero-order valence-corrected chi connectivity index (χ0v) is 10.6. The number of nitriles is 1. The highest BCUT2D eigenvalue weighted by Gasteiger charge is 2.28. The van der Waals surface area contributed by atoms with Gasteiger partial charge in [0, 0.05) is 6.54 Å². The van der Waals surface area contributed by atoms with Crippen LogP contribution >= 0.6 is 0 Å². The fourth-order valence-corrected chi connectivity index (χ4v) is 1.59. The first kappa shape index (κ1) is 15.3. The average molecular weight is 272 g/mol. The van der Waals surface area contributed by atoms with Gasteiger partial charge >= 0.3 is 6.18 Å². The highest BCUT2D eigenvalue weighted by molar-refractivity contribution is 5.42. The maximum absolute atomic E-state index is 12.1. The van der Waals surface area contributed by atoms with E-state index in [1.165, 1.54) is 11.9 Å². The molecule has 19 heavy (non-hydrogen) atoms. The van der Waals surface area contributed by atoms with Crippen LogP contribution < -0.4 is 4.74 Å². The average Bonchev–Trinajstić information content (AvgIpc) is 2.33. The molecule has 0 amide bonds. The van der Waals surface area contributed by atoms with Gasteiger partial charge in [0.1, 0.15) is 11.8 Å². The summed E-state index contributed by atoms with van der Waals surface area (Å²) in [6.45, 7) is -0.364. The number of hydrogen-bond acceptors (Lipinski definition) is 3. The van der Waals surface area contributed by atoms with Crippen molar-refractivity contribution < 1.29 is 17.9 Å². The first-order valence-electron chi connectivity index (χ1n) is 5.79. The fourth-order valence-electron chi connectivity index (χ4n) is 1.59. The fraction of sp³-hybridized carbons (Fsp3) is 0.462. The molecule has 0 saturated heterocycles. The largest absolute Gasteiger partial charge is 0.492 e. The van der Waals surface area contributed by atoms with Crippen LogP contribution in [-0.2, 0) is 0 Å². The van der Waals surface area contributed by atoms with Crippen LogP contribution in [0.4, 0.5) is 13.2 Å². The zero-order chi connectivity index (χ0) is 14.3. The lowest BCUT2D eigenvalue weighted by molar-refractivity contribution is -0.143. The summed E-state index contributed by atoms with van der Waals surface area (Å²) in [6.07, 6.45) is -3.71. The molecule has 1 rings (SSSR count). The van der Waals surface area contributed by atoms with E-state index >= 15 is 0 Å². The van der Waals surface area contributed by atoms with Crippen LogP contribution in [0.1, 0.15) is 12.0 Å². The lowest BCUT2D eigenvalue weighted by Crippen LogP contribution is -2.32. The van der Waals surface area contributed by atoms with Gasteiger partial charge in [-0.2, -0.15) is 18.4 Å². The molecule has 6 heteroatoms. The molecule has 0 saturated carbocycles. The lowest BCUT2D eigenvalue weighted by atomic mass is 10.2. The van der Waals surface area contributed by atoms with E-state index in [0.29, 0.717) is 17.7 Å². The molecular weight excluding hydrogens is 257 g/mol. The second-order valence-corrected chi connectivity index (χ2v) is 4.16.